The first kappa shape index (κ1) is 31.3. The molecule has 0 aliphatic heterocycles. The zero-order valence-corrected chi connectivity index (χ0v) is 28.0. The van der Waals surface area contributed by atoms with Crippen LogP contribution in [0.25, 0.3) is 22.5 Å². The van der Waals surface area contributed by atoms with E-state index in [0.717, 1.165) is 71.9 Å². The van der Waals surface area contributed by atoms with E-state index in [-0.39, 0.29) is 0 Å². The molecule has 234 valence electrons. The van der Waals surface area contributed by atoms with Gasteiger partial charge in [0.1, 0.15) is 34.3 Å². The van der Waals surface area contributed by atoms with Crippen molar-refractivity contribution in [2.24, 2.45) is 0 Å². The molecule has 0 radical (unpaired) electrons. The van der Waals surface area contributed by atoms with E-state index < -0.39 is 0 Å². The third-order valence-corrected chi connectivity index (χ3v) is 9.75. The van der Waals surface area contributed by atoms with Crippen LogP contribution in [-0.2, 0) is 13.1 Å². The average molecular weight is 649 g/mol. The first-order valence-corrected chi connectivity index (χ1v) is 17.4. The summed E-state index contributed by atoms with van der Waals surface area (Å²) in [5.41, 5.74) is 7.02. The average Bonchev–Trinajstić information content (AvgIpc) is 3.70. The Morgan fingerprint density at radius 1 is 0.500 bits per heavy atom. The fourth-order valence-electron chi connectivity index (χ4n) is 5.49. The van der Waals surface area contributed by atoms with Crippen LogP contribution in [0.1, 0.15) is 25.7 Å². The number of para-hydroxylation sites is 2. The molecule has 0 saturated carbocycles. The molecule has 6 rings (SSSR count). The third-order valence-electron chi connectivity index (χ3n) is 7.97. The Labute approximate surface area is 279 Å². The first-order valence-electron chi connectivity index (χ1n) is 15.7. The highest BCUT2D eigenvalue weighted by Crippen LogP contribution is 2.29. The molecular weight excluding hydrogens is 609 g/mol. The van der Waals surface area contributed by atoms with Crippen molar-refractivity contribution in [1.82, 2.24) is 0 Å². The number of methoxy groups -OCH3 is 2. The minimum absolute atomic E-state index is 0.869. The van der Waals surface area contributed by atoms with Crippen LogP contribution in [0.5, 0.6) is 11.5 Å². The normalized spacial score (nSPS) is 10.9. The Kier molecular flexibility index (Phi) is 10.6. The molecule has 0 spiro atoms. The summed E-state index contributed by atoms with van der Waals surface area (Å²) in [4.78, 5) is 0. The highest BCUT2D eigenvalue weighted by Gasteiger charge is 2.21. The van der Waals surface area contributed by atoms with Crippen LogP contribution in [0.2, 0.25) is 0 Å². The molecule has 0 unspecified atom stereocenters. The summed E-state index contributed by atoms with van der Waals surface area (Å²) in [6.07, 6.45) is 4.50. The van der Waals surface area contributed by atoms with Gasteiger partial charge in [-0.05, 0) is 98.5 Å². The number of anilines is 4. The van der Waals surface area contributed by atoms with Crippen LogP contribution < -0.4 is 29.2 Å². The van der Waals surface area contributed by atoms with Gasteiger partial charge in [0.2, 0.25) is 0 Å². The number of thiazole rings is 2. The van der Waals surface area contributed by atoms with Crippen LogP contribution in [0, 0.1) is 0 Å². The standard InChI is InChI=1S/C38H38N4O2S2/c1-43-33-21-17-29(18-22-33)35-27-45-37(39-31-13-7-5-8-14-31)41(35)25-11-3-4-12-26-42-36(30-19-23-34(44-2)24-20-30)28-46-38(42)40-32-15-9-6-10-16-32/h5-10,13-24,27-28H,3-4,11-12,25-26H2,1-2H3/p+2. The minimum atomic E-state index is 0.869. The van der Waals surface area contributed by atoms with E-state index in [2.05, 4.69) is 103 Å². The van der Waals surface area contributed by atoms with Crippen LogP contribution in [0.4, 0.5) is 21.6 Å². The highest BCUT2D eigenvalue weighted by atomic mass is 32.1. The van der Waals surface area contributed by atoms with Gasteiger partial charge in [-0.15, -0.1) is 0 Å². The van der Waals surface area contributed by atoms with Gasteiger partial charge in [0.15, 0.2) is 0 Å². The van der Waals surface area contributed by atoms with Crippen LogP contribution in [0.3, 0.4) is 0 Å². The third kappa shape index (κ3) is 7.76. The Morgan fingerprint density at radius 2 is 0.891 bits per heavy atom. The summed E-state index contributed by atoms with van der Waals surface area (Å²) >= 11 is 3.50. The van der Waals surface area contributed by atoms with Crippen LogP contribution in [0.15, 0.2) is 120 Å². The lowest BCUT2D eigenvalue weighted by Gasteiger charge is -2.09. The lowest BCUT2D eigenvalue weighted by Crippen LogP contribution is -2.37. The predicted octanol–water partition coefficient (Wildman–Crippen LogP) is 9.48. The smallest absolute Gasteiger partial charge is 0.339 e. The zero-order chi connectivity index (χ0) is 31.6. The first-order chi connectivity index (χ1) is 22.7. The van der Waals surface area contributed by atoms with Crippen molar-refractivity contribution in [2.75, 3.05) is 24.9 Å². The van der Waals surface area contributed by atoms with Gasteiger partial charge in [-0.3, -0.25) is 0 Å². The van der Waals surface area contributed by atoms with Crippen molar-refractivity contribution in [1.29, 1.82) is 0 Å². The maximum atomic E-state index is 5.40. The molecule has 4 aromatic carbocycles. The number of unbranched alkanes of at least 4 members (excludes halogenated alkanes) is 3. The summed E-state index contributed by atoms with van der Waals surface area (Å²) in [6.45, 7) is 1.90. The van der Waals surface area contributed by atoms with Crippen molar-refractivity contribution in [2.45, 2.75) is 38.8 Å². The van der Waals surface area contributed by atoms with E-state index in [1.165, 1.54) is 22.5 Å². The summed E-state index contributed by atoms with van der Waals surface area (Å²) in [6, 6.07) is 37.5. The number of benzene rings is 4. The quantitative estimate of drug-likeness (QED) is 0.0861. The van der Waals surface area contributed by atoms with Crippen LogP contribution in [-0.4, -0.2) is 14.2 Å². The van der Waals surface area contributed by atoms with Gasteiger partial charge in [-0.25, -0.2) is 19.8 Å². The molecule has 0 aliphatic rings. The number of nitrogens with one attached hydrogen (secondary N) is 2. The van der Waals surface area contributed by atoms with Gasteiger partial charge in [0, 0.05) is 21.9 Å². The maximum Gasteiger partial charge on any atom is 0.339 e. The van der Waals surface area contributed by atoms with Gasteiger partial charge >= 0.3 is 10.3 Å². The molecule has 0 fully saturated rings. The molecule has 0 aliphatic carbocycles. The van der Waals surface area contributed by atoms with Crippen LogP contribution >= 0.6 is 22.7 Å². The molecule has 2 N–H and O–H groups in total. The van der Waals surface area contributed by atoms with Crippen molar-refractivity contribution in [3.8, 4) is 34.0 Å². The lowest BCUT2D eigenvalue weighted by molar-refractivity contribution is -0.670. The predicted molar refractivity (Wildman–Crippen MR) is 191 cm³/mol. The van der Waals surface area contributed by atoms with E-state index in [1.54, 1.807) is 36.9 Å². The van der Waals surface area contributed by atoms with E-state index in [9.17, 15) is 0 Å². The molecule has 0 bridgehead atoms. The Morgan fingerprint density at radius 3 is 1.26 bits per heavy atom. The second-order valence-corrected chi connectivity index (χ2v) is 12.7. The minimum Gasteiger partial charge on any atom is -0.497 e. The Balaban J connectivity index is 1.13. The number of ether oxygens (including phenoxy) is 2. The second-order valence-electron chi connectivity index (χ2n) is 11.0. The number of hydrogen-bond donors (Lipinski definition) is 2. The number of nitrogens with zero attached hydrogens (tertiary/aromatic N) is 2. The molecule has 8 heteroatoms. The number of aromatic nitrogens is 2. The summed E-state index contributed by atoms with van der Waals surface area (Å²) in [7, 11) is 3.41. The molecule has 2 aromatic heterocycles. The van der Waals surface area contributed by atoms with Gasteiger partial charge in [-0.2, -0.15) is 0 Å². The zero-order valence-electron chi connectivity index (χ0n) is 26.3. The highest BCUT2D eigenvalue weighted by molar-refractivity contribution is 7.13. The molecular formula is C38H40N4O2S2+2. The SMILES string of the molecule is COc1ccc(-c2csc(Nc3ccccc3)[n+]2CCCCCC[n+]2c(-c3ccc(OC)cc3)csc2Nc2ccccc2)cc1. The van der Waals surface area contributed by atoms with Gasteiger partial charge < -0.3 is 9.47 Å². The molecule has 0 saturated heterocycles. The summed E-state index contributed by atoms with van der Waals surface area (Å²) < 4.78 is 15.7. The van der Waals surface area contributed by atoms with Crippen molar-refractivity contribution in [3.63, 3.8) is 0 Å². The Hall–Kier alpha value is -4.66. The van der Waals surface area contributed by atoms with Crippen molar-refractivity contribution < 1.29 is 18.6 Å². The van der Waals surface area contributed by atoms with Gasteiger partial charge in [0.05, 0.1) is 27.3 Å². The van der Waals surface area contributed by atoms with Gasteiger partial charge in [0.25, 0.3) is 0 Å². The second kappa shape index (κ2) is 15.6. The van der Waals surface area contributed by atoms with Crippen molar-refractivity contribution in [3.05, 3.63) is 120 Å². The monoisotopic (exact) mass is 648 g/mol. The lowest BCUT2D eigenvalue weighted by atomic mass is 10.1. The molecule has 46 heavy (non-hydrogen) atoms. The molecule has 0 atom stereocenters. The summed E-state index contributed by atoms with van der Waals surface area (Å²) in [5, 5.41) is 14.1. The van der Waals surface area contributed by atoms with E-state index in [0.29, 0.717) is 0 Å². The largest absolute Gasteiger partial charge is 0.497 e. The summed E-state index contributed by atoms with van der Waals surface area (Å²) in [5.74, 6) is 1.74. The Bertz CT molecular complexity index is 1670. The van der Waals surface area contributed by atoms with E-state index >= 15 is 0 Å². The van der Waals surface area contributed by atoms with Crippen molar-refractivity contribution >= 4 is 44.3 Å². The number of hydrogen-bond acceptors (Lipinski definition) is 6. The topological polar surface area (TPSA) is 50.3 Å². The van der Waals surface area contributed by atoms with E-state index in [4.69, 9.17) is 9.47 Å². The molecule has 6 nitrogen and oxygen atoms in total. The maximum absolute atomic E-state index is 5.40. The number of rotatable bonds is 15. The molecule has 0 amide bonds. The fourth-order valence-corrected chi connectivity index (χ4v) is 7.45. The van der Waals surface area contributed by atoms with Gasteiger partial charge in [-0.1, -0.05) is 59.1 Å². The fraction of sp³-hybridized carbons (Fsp3) is 0.211. The molecule has 2 heterocycles. The molecule has 6 aromatic rings. The van der Waals surface area contributed by atoms with E-state index in [1.807, 2.05) is 36.4 Å².